The van der Waals surface area contributed by atoms with Gasteiger partial charge in [-0.2, -0.15) is 13.2 Å². The topological polar surface area (TPSA) is 99.1 Å². The lowest BCUT2D eigenvalue weighted by atomic mass is 9.95. The molecule has 4 N–H and O–H groups in total. The van der Waals surface area contributed by atoms with Crippen LogP contribution in [-0.2, 0) is 6.18 Å². The summed E-state index contributed by atoms with van der Waals surface area (Å²) < 4.78 is 39.0. The molecule has 0 saturated heterocycles. The van der Waals surface area contributed by atoms with Crippen molar-refractivity contribution in [3.63, 3.8) is 0 Å². The summed E-state index contributed by atoms with van der Waals surface area (Å²) in [6.07, 6.45) is -3.59. The summed E-state index contributed by atoms with van der Waals surface area (Å²) in [5.41, 5.74) is 7.86. The first-order valence-electron chi connectivity index (χ1n) is 5.98. The fraction of sp³-hybridized carbons (Fsp3) is 0.0714. The van der Waals surface area contributed by atoms with E-state index in [4.69, 9.17) is 11.5 Å². The Morgan fingerprint density at radius 1 is 1.09 bits per heavy atom. The van der Waals surface area contributed by atoms with Crippen LogP contribution < -0.4 is 11.5 Å². The maximum atomic E-state index is 13.0. The average Bonchev–Trinajstić information content (AvgIpc) is 2.45. The number of alkyl halides is 3. The smallest absolute Gasteiger partial charge is 0.398 e. The van der Waals surface area contributed by atoms with Crippen molar-refractivity contribution in [3.05, 3.63) is 58.9 Å². The van der Waals surface area contributed by atoms with Gasteiger partial charge in [0.2, 0.25) is 0 Å². The van der Waals surface area contributed by atoms with Crippen LogP contribution >= 0.6 is 0 Å². The van der Waals surface area contributed by atoms with Gasteiger partial charge in [-0.05, 0) is 12.1 Å². The molecule has 1 amide bonds. The molecule has 1 aromatic heterocycles. The van der Waals surface area contributed by atoms with Crippen molar-refractivity contribution in [2.75, 3.05) is 5.73 Å². The summed E-state index contributed by atoms with van der Waals surface area (Å²) in [5.74, 6) is -2.12. The molecule has 1 heterocycles. The number of primary amides is 1. The summed E-state index contributed by atoms with van der Waals surface area (Å²) in [6, 6.07) is 5.40. The number of ketones is 1. The first-order valence-corrected chi connectivity index (χ1v) is 5.98. The van der Waals surface area contributed by atoms with E-state index in [1.165, 1.54) is 12.1 Å². The number of hydrogen-bond donors (Lipinski definition) is 2. The van der Waals surface area contributed by atoms with E-state index >= 15 is 0 Å². The number of nitrogen functional groups attached to an aromatic ring is 1. The van der Waals surface area contributed by atoms with Gasteiger partial charge in [-0.1, -0.05) is 18.2 Å². The summed E-state index contributed by atoms with van der Waals surface area (Å²) in [4.78, 5) is 27.4. The highest BCUT2D eigenvalue weighted by molar-refractivity contribution is 6.17. The molecule has 2 rings (SSSR count). The lowest BCUT2D eigenvalue weighted by molar-refractivity contribution is -0.137. The third-order valence-electron chi connectivity index (χ3n) is 2.92. The molecule has 0 aliphatic carbocycles. The summed E-state index contributed by atoms with van der Waals surface area (Å²) in [6.45, 7) is 0. The fourth-order valence-corrected chi connectivity index (χ4v) is 1.97. The normalized spacial score (nSPS) is 11.2. The zero-order valence-electron chi connectivity index (χ0n) is 11.0. The molecule has 0 atom stereocenters. The van der Waals surface area contributed by atoms with Gasteiger partial charge in [0.25, 0.3) is 5.91 Å². The number of nitrogens with two attached hydrogens (primary N) is 2. The number of anilines is 1. The Hall–Kier alpha value is -2.90. The van der Waals surface area contributed by atoms with Gasteiger partial charge in [-0.25, -0.2) is 0 Å². The number of carbonyl (C=O) groups excluding carboxylic acids is 2. The number of aromatic nitrogens is 1. The lowest BCUT2D eigenvalue weighted by Crippen LogP contribution is -2.22. The molecule has 22 heavy (non-hydrogen) atoms. The number of amides is 1. The molecule has 0 fully saturated rings. The van der Waals surface area contributed by atoms with Gasteiger partial charge in [-0.15, -0.1) is 0 Å². The second-order valence-electron chi connectivity index (χ2n) is 4.36. The van der Waals surface area contributed by atoms with Gasteiger partial charge in [0.05, 0.1) is 11.1 Å². The minimum atomic E-state index is -4.73. The predicted octanol–water partition coefficient (Wildman–Crippen LogP) is 2.01. The minimum absolute atomic E-state index is 0.175. The van der Waals surface area contributed by atoms with Crippen molar-refractivity contribution >= 4 is 17.4 Å². The third-order valence-corrected chi connectivity index (χ3v) is 2.92. The molecule has 0 aliphatic heterocycles. The summed E-state index contributed by atoms with van der Waals surface area (Å²) in [7, 11) is 0. The molecule has 0 aliphatic rings. The van der Waals surface area contributed by atoms with Gasteiger partial charge in [0.15, 0.2) is 5.78 Å². The van der Waals surface area contributed by atoms with Crippen molar-refractivity contribution in [2.24, 2.45) is 5.73 Å². The Bertz CT molecular complexity index is 757. The molecule has 114 valence electrons. The Morgan fingerprint density at radius 3 is 2.32 bits per heavy atom. The number of pyridine rings is 1. The van der Waals surface area contributed by atoms with Crippen LogP contribution in [0.4, 0.5) is 18.9 Å². The molecule has 0 unspecified atom stereocenters. The van der Waals surface area contributed by atoms with E-state index in [9.17, 15) is 22.8 Å². The maximum Gasteiger partial charge on any atom is 0.417 e. The molecular formula is C14H10F3N3O2. The van der Waals surface area contributed by atoms with Gasteiger partial charge >= 0.3 is 6.18 Å². The standard InChI is InChI=1S/C14H10F3N3O2/c15-14(16,17)8-4-2-1-3-7(8)12(21)10-9(18)5-6-20-11(10)13(19)22/h1-6H,(H2,18,20)(H2,19,22). The molecule has 5 nitrogen and oxygen atoms in total. The second kappa shape index (κ2) is 5.47. The third kappa shape index (κ3) is 2.76. The number of rotatable bonds is 3. The van der Waals surface area contributed by atoms with Crippen LogP contribution in [0, 0.1) is 0 Å². The minimum Gasteiger partial charge on any atom is -0.398 e. The molecule has 0 saturated carbocycles. The summed E-state index contributed by atoms with van der Waals surface area (Å²) >= 11 is 0. The molecule has 0 radical (unpaired) electrons. The molecule has 2 aromatic rings. The number of benzene rings is 1. The van der Waals surface area contributed by atoms with Gasteiger partial charge < -0.3 is 11.5 Å². The van der Waals surface area contributed by atoms with E-state index in [1.807, 2.05) is 0 Å². The Labute approximate surface area is 122 Å². The van der Waals surface area contributed by atoms with Crippen LogP contribution in [0.15, 0.2) is 36.5 Å². The van der Waals surface area contributed by atoms with Gasteiger partial charge in [-0.3, -0.25) is 14.6 Å². The van der Waals surface area contributed by atoms with Crippen LogP contribution in [0.2, 0.25) is 0 Å². The van der Waals surface area contributed by atoms with Crippen LogP contribution in [0.25, 0.3) is 0 Å². The number of nitrogens with zero attached hydrogens (tertiary/aromatic N) is 1. The van der Waals surface area contributed by atoms with E-state index < -0.39 is 40.3 Å². The molecule has 0 spiro atoms. The number of halogens is 3. The van der Waals surface area contributed by atoms with E-state index in [-0.39, 0.29) is 5.69 Å². The summed E-state index contributed by atoms with van der Waals surface area (Å²) in [5, 5.41) is 0. The first-order chi connectivity index (χ1) is 10.2. The molecular weight excluding hydrogens is 299 g/mol. The maximum absolute atomic E-state index is 13.0. The molecule has 0 bridgehead atoms. The number of hydrogen-bond acceptors (Lipinski definition) is 4. The Balaban J connectivity index is 2.68. The van der Waals surface area contributed by atoms with Crippen LogP contribution in [-0.4, -0.2) is 16.7 Å². The zero-order chi connectivity index (χ0) is 16.5. The lowest BCUT2D eigenvalue weighted by Gasteiger charge is -2.13. The van der Waals surface area contributed by atoms with Crippen molar-refractivity contribution in [2.45, 2.75) is 6.18 Å². The first kappa shape index (κ1) is 15.5. The highest BCUT2D eigenvalue weighted by Crippen LogP contribution is 2.33. The van der Waals surface area contributed by atoms with E-state index in [1.54, 1.807) is 0 Å². The number of carbonyl (C=O) groups is 2. The fourth-order valence-electron chi connectivity index (χ4n) is 1.97. The van der Waals surface area contributed by atoms with Crippen molar-refractivity contribution in [1.29, 1.82) is 0 Å². The SMILES string of the molecule is NC(=O)c1nccc(N)c1C(=O)c1ccccc1C(F)(F)F. The highest BCUT2D eigenvalue weighted by Gasteiger charge is 2.36. The van der Waals surface area contributed by atoms with Crippen molar-refractivity contribution < 1.29 is 22.8 Å². The Morgan fingerprint density at radius 2 is 1.73 bits per heavy atom. The van der Waals surface area contributed by atoms with E-state index in [0.717, 1.165) is 24.4 Å². The highest BCUT2D eigenvalue weighted by atomic mass is 19.4. The van der Waals surface area contributed by atoms with Crippen LogP contribution in [0.5, 0.6) is 0 Å². The van der Waals surface area contributed by atoms with E-state index in [2.05, 4.69) is 4.98 Å². The van der Waals surface area contributed by atoms with Crippen molar-refractivity contribution in [3.8, 4) is 0 Å². The molecule has 1 aromatic carbocycles. The Kier molecular flexibility index (Phi) is 3.85. The average molecular weight is 309 g/mol. The molecule has 8 heteroatoms. The second-order valence-corrected chi connectivity index (χ2v) is 4.36. The van der Waals surface area contributed by atoms with Gasteiger partial charge in [0, 0.05) is 17.4 Å². The van der Waals surface area contributed by atoms with Crippen molar-refractivity contribution in [1.82, 2.24) is 4.98 Å². The van der Waals surface area contributed by atoms with Crippen LogP contribution in [0.3, 0.4) is 0 Å². The van der Waals surface area contributed by atoms with Crippen LogP contribution in [0.1, 0.15) is 32.0 Å². The van der Waals surface area contributed by atoms with Gasteiger partial charge in [0.1, 0.15) is 5.69 Å². The quantitative estimate of drug-likeness (QED) is 0.847. The zero-order valence-corrected chi connectivity index (χ0v) is 11.0. The van der Waals surface area contributed by atoms with E-state index in [0.29, 0.717) is 0 Å². The predicted molar refractivity (Wildman–Crippen MR) is 72.0 cm³/mol. The largest absolute Gasteiger partial charge is 0.417 e. The monoisotopic (exact) mass is 309 g/mol.